The first-order chi connectivity index (χ1) is 16.4. The van der Waals surface area contributed by atoms with Crippen molar-refractivity contribution in [1.82, 2.24) is 14.9 Å². The van der Waals surface area contributed by atoms with Crippen LogP contribution in [0.1, 0.15) is 59.5 Å². The van der Waals surface area contributed by atoms with Gasteiger partial charge in [-0.1, -0.05) is 38.1 Å². The second kappa shape index (κ2) is 8.56. The molecule has 0 fully saturated rings. The Hall–Kier alpha value is -3.74. The molecule has 5 nitrogen and oxygen atoms in total. The van der Waals surface area contributed by atoms with E-state index in [0.717, 1.165) is 11.3 Å². The standard InChI is InChI=1S/C27H25F2N3O2/c1-15(2)26-18(27(33)30-21-13-14-34-23-10-5-4-7-17(21)23)11-12-22-24(16(3)31-32(22)26)25-19(28)8-6-9-20(25)29/h4-12,15,21H,13-14H2,1-3H3,(H,30,33)/t21-/m1/s1. The van der Waals surface area contributed by atoms with Gasteiger partial charge in [0.15, 0.2) is 0 Å². The average molecular weight is 462 g/mol. The molecule has 1 aliphatic rings. The second-order valence-electron chi connectivity index (χ2n) is 8.84. The molecule has 3 heterocycles. The number of fused-ring (bicyclic) bond motifs is 2. The molecule has 2 aromatic carbocycles. The number of hydrogen-bond acceptors (Lipinski definition) is 3. The highest BCUT2D eigenvalue weighted by atomic mass is 19.1. The number of nitrogens with zero attached hydrogens (tertiary/aromatic N) is 2. The van der Waals surface area contributed by atoms with Crippen molar-refractivity contribution in [3.8, 4) is 16.9 Å². The van der Waals surface area contributed by atoms with Gasteiger partial charge in [-0.25, -0.2) is 13.3 Å². The minimum absolute atomic E-state index is 0.0657. The van der Waals surface area contributed by atoms with Gasteiger partial charge in [0.05, 0.1) is 40.7 Å². The third-order valence-corrected chi connectivity index (χ3v) is 6.28. The van der Waals surface area contributed by atoms with Gasteiger partial charge in [-0.15, -0.1) is 0 Å². The molecule has 0 bridgehead atoms. The quantitative estimate of drug-likeness (QED) is 0.408. The molecule has 5 rings (SSSR count). The van der Waals surface area contributed by atoms with Gasteiger partial charge in [0.25, 0.3) is 5.91 Å². The number of aryl methyl sites for hydroxylation is 1. The van der Waals surface area contributed by atoms with E-state index in [1.807, 2.05) is 38.1 Å². The van der Waals surface area contributed by atoms with Gasteiger partial charge >= 0.3 is 0 Å². The van der Waals surface area contributed by atoms with E-state index >= 15 is 0 Å². The predicted molar refractivity (Wildman–Crippen MR) is 126 cm³/mol. The molecule has 1 aliphatic heterocycles. The summed E-state index contributed by atoms with van der Waals surface area (Å²) in [6.45, 7) is 6.18. The number of hydrogen-bond donors (Lipinski definition) is 1. The number of halogens is 2. The molecule has 7 heteroatoms. The minimum Gasteiger partial charge on any atom is -0.493 e. The average Bonchev–Trinajstić information content (AvgIpc) is 3.14. The molecule has 0 spiro atoms. The van der Waals surface area contributed by atoms with Crippen molar-refractivity contribution < 1.29 is 18.3 Å². The van der Waals surface area contributed by atoms with Crippen LogP contribution in [0.15, 0.2) is 54.6 Å². The molecular weight excluding hydrogens is 436 g/mol. The molecule has 1 N–H and O–H groups in total. The Balaban J connectivity index is 1.60. The number of aromatic nitrogens is 2. The minimum atomic E-state index is -0.649. The predicted octanol–water partition coefficient (Wildman–Crippen LogP) is 5.96. The Morgan fingerprint density at radius 3 is 2.53 bits per heavy atom. The van der Waals surface area contributed by atoms with E-state index in [9.17, 15) is 13.6 Å². The summed E-state index contributed by atoms with van der Waals surface area (Å²) in [6, 6.07) is 14.7. The fraction of sp³-hybridized carbons (Fsp3) is 0.259. The van der Waals surface area contributed by atoms with Crippen molar-refractivity contribution in [2.24, 2.45) is 0 Å². The summed E-state index contributed by atoms with van der Waals surface area (Å²) in [5, 5.41) is 7.74. The van der Waals surface area contributed by atoms with E-state index in [1.165, 1.54) is 18.2 Å². The number of amides is 1. The number of pyridine rings is 1. The van der Waals surface area contributed by atoms with Crippen LogP contribution in [-0.2, 0) is 0 Å². The number of carbonyl (C=O) groups is 1. The maximum absolute atomic E-state index is 14.6. The third kappa shape index (κ3) is 3.61. The zero-order valence-corrected chi connectivity index (χ0v) is 19.2. The summed E-state index contributed by atoms with van der Waals surface area (Å²) in [5.41, 5.74) is 3.43. The first kappa shape index (κ1) is 22.1. The smallest absolute Gasteiger partial charge is 0.253 e. The van der Waals surface area contributed by atoms with Crippen molar-refractivity contribution in [3.05, 3.63) is 88.7 Å². The van der Waals surface area contributed by atoms with Crippen LogP contribution in [0.3, 0.4) is 0 Å². The first-order valence-corrected chi connectivity index (χ1v) is 11.4. The molecule has 174 valence electrons. The Morgan fingerprint density at radius 2 is 1.79 bits per heavy atom. The number of para-hydroxylation sites is 1. The lowest BCUT2D eigenvalue weighted by atomic mass is 9.98. The first-order valence-electron chi connectivity index (χ1n) is 11.4. The zero-order valence-electron chi connectivity index (χ0n) is 19.2. The van der Waals surface area contributed by atoms with E-state index in [4.69, 9.17) is 4.74 Å². The summed E-state index contributed by atoms with van der Waals surface area (Å²) in [5.74, 6) is -0.811. The van der Waals surface area contributed by atoms with E-state index in [2.05, 4.69) is 10.4 Å². The Morgan fingerprint density at radius 1 is 1.06 bits per heavy atom. The van der Waals surface area contributed by atoms with Crippen molar-refractivity contribution in [1.29, 1.82) is 0 Å². The molecule has 0 saturated heterocycles. The van der Waals surface area contributed by atoms with Crippen LogP contribution in [0, 0.1) is 18.6 Å². The molecule has 2 aromatic heterocycles. The van der Waals surface area contributed by atoms with Gasteiger partial charge < -0.3 is 10.1 Å². The molecule has 1 atom stereocenters. The number of ether oxygens (including phenoxy) is 1. The van der Waals surface area contributed by atoms with Crippen LogP contribution in [0.2, 0.25) is 0 Å². The van der Waals surface area contributed by atoms with Gasteiger partial charge in [-0.3, -0.25) is 4.79 Å². The summed E-state index contributed by atoms with van der Waals surface area (Å²) >= 11 is 0. The van der Waals surface area contributed by atoms with Gasteiger partial charge in [-0.05, 0) is 43.2 Å². The highest BCUT2D eigenvalue weighted by molar-refractivity contribution is 5.97. The number of benzene rings is 2. The molecule has 34 heavy (non-hydrogen) atoms. The lowest BCUT2D eigenvalue weighted by Gasteiger charge is -2.27. The van der Waals surface area contributed by atoms with Gasteiger partial charge in [-0.2, -0.15) is 5.10 Å². The number of nitrogens with one attached hydrogen (secondary N) is 1. The Kier molecular flexibility index (Phi) is 5.55. The molecule has 0 radical (unpaired) electrons. The normalized spacial score (nSPS) is 15.3. The monoisotopic (exact) mass is 461 g/mol. The van der Waals surface area contributed by atoms with Crippen LogP contribution < -0.4 is 10.1 Å². The Bertz CT molecular complexity index is 1390. The highest BCUT2D eigenvalue weighted by Crippen LogP contribution is 2.36. The van der Waals surface area contributed by atoms with Gasteiger partial charge in [0.1, 0.15) is 17.4 Å². The summed E-state index contributed by atoms with van der Waals surface area (Å²) in [4.78, 5) is 13.4. The fourth-order valence-electron chi connectivity index (χ4n) is 4.77. The molecule has 1 amide bonds. The molecule has 4 aromatic rings. The van der Waals surface area contributed by atoms with Gasteiger partial charge in [0.2, 0.25) is 0 Å². The topological polar surface area (TPSA) is 55.6 Å². The van der Waals surface area contributed by atoms with Crippen LogP contribution in [0.25, 0.3) is 16.6 Å². The SMILES string of the molecule is Cc1nn2c(C(C)C)c(C(=O)N[C@@H]3CCOc4ccccc43)ccc2c1-c1c(F)cccc1F. The molecule has 0 saturated carbocycles. The van der Waals surface area contributed by atoms with E-state index < -0.39 is 11.6 Å². The zero-order chi connectivity index (χ0) is 24.0. The second-order valence-corrected chi connectivity index (χ2v) is 8.84. The van der Waals surface area contributed by atoms with Crippen LogP contribution in [-0.4, -0.2) is 22.1 Å². The lowest BCUT2D eigenvalue weighted by molar-refractivity contribution is 0.0922. The summed E-state index contributed by atoms with van der Waals surface area (Å²) in [7, 11) is 0. The maximum Gasteiger partial charge on any atom is 0.253 e. The fourth-order valence-corrected chi connectivity index (χ4v) is 4.77. The lowest BCUT2D eigenvalue weighted by Crippen LogP contribution is -2.33. The number of rotatable bonds is 4. The van der Waals surface area contributed by atoms with Crippen molar-refractivity contribution in [2.75, 3.05) is 6.61 Å². The van der Waals surface area contributed by atoms with E-state index in [0.29, 0.717) is 41.1 Å². The molecule has 0 unspecified atom stereocenters. The van der Waals surface area contributed by atoms with Crippen molar-refractivity contribution in [3.63, 3.8) is 0 Å². The largest absolute Gasteiger partial charge is 0.493 e. The summed E-state index contributed by atoms with van der Waals surface area (Å²) < 4.78 is 36.6. The third-order valence-electron chi connectivity index (χ3n) is 6.28. The number of carbonyl (C=O) groups excluding carboxylic acids is 1. The highest BCUT2D eigenvalue weighted by Gasteiger charge is 2.27. The van der Waals surface area contributed by atoms with E-state index in [-0.39, 0.29) is 23.4 Å². The van der Waals surface area contributed by atoms with Crippen LogP contribution in [0.5, 0.6) is 5.75 Å². The van der Waals surface area contributed by atoms with Gasteiger partial charge in [0, 0.05) is 17.5 Å². The van der Waals surface area contributed by atoms with E-state index in [1.54, 1.807) is 23.6 Å². The Labute approximate surface area is 196 Å². The van der Waals surface area contributed by atoms with Crippen LogP contribution in [0.4, 0.5) is 8.78 Å². The van der Waals surface area contributed by atoms with Crippen molar-refractivity contribution in [2.45, 2.75) is 39.2 Å². The molecular formula is C27H25F2N3O2. The summed E-state index contributed by atoms with van der Waals surface area (Å²) in [6.07, 6.45) is 0.666. The maximum atomic E-state index is 14.6. The molecule has 0 aliphatic carbocycles. The van der Waals surface area contributed by atoms with Crippen molar-refractivity contribution >= 4 is 11.4 Å². The van der Waals surface area contributed by atoms with Crippen LogP contribution >= 0.6 is 0 Å².